The van der Waals surface area contributed by atoms with Gasteiger partial charge in [-0.2, -0.15) is 0 Å². The lowest BCUT2D eigenvalue weighted by Crippen LogP contribution is -1.89. The maximum Gasteiger partial charge on any atom is 0.307 e. The summed E-state index contributed by atoms with van der Waals surface area (Å²) in [5, 5.41) is 8.46. The summed E-state index contributed by atoms with van der Waals surface area (Å²) in [6.07, 6.45) is 22.4. The number of aliphatic carboxylic acids is 1. The van der Waals surface area contributed by atoms with Gasteiger partial charge < -0.3 is 5.11 Å². The van der Waals surface area contributed by atoms with Crippen LogP contribution in [0.2, 0.25) is 0 Å². The summed E-state index contributed by atoms with van der Waals surface area (Å²) in [5.74, 6) is -0.746. The van der Waals surface area contributed by atoms with Crippen LogP contribution in [0.5, 0.6) is 0 Å². The van der Waals surface area contributed by atoms with E-state index in [9.17, 15) is 4.79 Å². The standard InChI is InChI=1S/C18H32O2/c1-2-3-4-5-6-7-8-9-10-11-12-13-14-15-16-17-18(19)20/h6-7,15-16H,2-5,8-14,17H2,1H3,(H,19,20)/b7-6-,16-15-. The smallest absolute Gasteiger partial charge is 0.307 e. The average Bonchev–Trinajstić information content (AvgIpc) is 2.43. The van der Waals surface area contributed by atoms with E-state index in [1.807, 2.05) is 6.08 Å². The Kier molecular flexibility index (Phi) is 15.2. The Balaban J connectivity index is 3.13. The molecule has 1 N–H and O–H groups in total. The first kappa shape index (κ1) is 18.9. The molecule has 0 amide bonds. The predicted molar refractivity (Wildman–Crippen MR) is 87.0 cm³/mol. The molecule has 20 heavy (non-hydrogen) atoms. The fraction of sp³-hybridized carbons (Fsp3) is 0.722. The SMILES string of the molecule is CCCCC/C=C\CCCCCCC/C=C\CC(=O)O. The molecule has 0 aromatic rings. The van der Waals surface area contributed by atoms with Gasteiger partial charge in [-0.1, -0.05) is 63.3 Å². The van der Waals surface area contributed by atoms with Gasteiger partial charge in [-0.25, -0.2) is 0 Å². The second-order valence-corrected chi connectivity index (χ2v) is 5.38. The zero-order valence-corrected chi connectivity index (χ0v) is 13.2. The number of hydrogen-bond donors (Lipinski definition) is 1. The average molecular weight is 280 g/mol. The van der Waals surface area contributed by atoms with Crippen LogP contribution >= 0.6 is 0 Å². The number of carbonyl (C=O) groups is 1. The zero-order valence-electron chi connectivity index (χ0n) is 13.2. The van der Waals surface area contributed by atoms with Crippen molar-refractivity contribution in [3.05, 3.63) is 24.3 Å². The van der Waals surface area contributed by atoms with Crippen molar-refractivity contribution < 1.29 is 9.90 Å². The summed E-state index contributed by atoms with van der Waals surface area (Å²) in [6, 6.07) is 0. The lowest BCUT2D eigenvalue weighted by molar-refractivity contribution is -0.136. The van der Waals surface area contributed by atoms with Crippen LogP contribution in [-0.4, -0.2) is 11.1 Å². The monoisotopic (exact) mass is 280 g/mol. The molecule has 0 saturated heterocycles. The molecular weight excluding hydrogens is 248 g/mol. The van der Waals surface area contributed by atoms with Crippen LogP contribution in [0.15, 0.2) is 24.3 Å². The van der Waals surface area contributed by atoms with Crippen molar-refractivity contribution >= 4 is 5.97 Å². The number of carboxylic acids is 1. The molecule has 0 aliphatic heterocycles. The Labute approximate surface area is 125 Å². The molecule has 0 aromatic heterocycles. The molecule has 0 aliphatic rings. The highest BCUT2D eigenvalue weighted by Gasteiger charge is 1.91. The first-order valence-corrected chi connectivity index (χ1v) is 8.29. The van der Waals surface area contributed by atoms with Crippen LogP contribution in [0.4, 0.5) is 0 Å². The van der Waals surface area contributed by atoms with Gasteiger partial charge in [0.25, 0.3) is 0 Å². The van der Waals surface area contributed by atoms with Gasteiger partial charge in [0.15, 0.2) is 0 Å². The molecule has 0 atom stereocenters. The van der Waals surface area contributed by atoms with Crippen LogP contribution in [0, 0.1) is 0 Å². The van der Waals surface area contributed by atoms with Crippen LogP contribution in [0.1, 0.15) is 84.0 Å². The van der Waals surface area contributed by atoms with Gasteiger partial charge in [0, 0.05) is 0 Å². The third kappa shape index (κ3) is 16.9. The van der Waals surface area contributed by atoms with E-state index in [0.717, 1.165) is 6.42 Å². The van der Waals surface area contributed by atoms with E-state index in [1.54, 1.807) is 6.08 Å². The third-order valence-corrected chi connectivity index (χ3v) is 3.34. The number of unbranched alkanes of at least 4 members (excludes halogenated alkanes) is 9. The maximum atomic E-state index is 10.3. The van der Waals surface area contributed by atoms with E-state index in [0.29, 0.717) is 0 Å². The fourth-order valence-corrected chi connectivity index (χ4v) is 2.10. The first-order valence-electron chi connectivity index (χ1n) is 8.29. The number of allylic oxidation sites excluding steroid dienone is 3. The molecule has 0 aliphatic carbocycles. The van der Waals surface area contributed by atoms with E-state index < -0.39 is 5.97 Å². The Hall–Kier alpha value is -1.05. The van der Waals surface area contributed by atoms with Crippen LogP contribution in [-0.2, 0) is 4.79 Å². The quantitative estimate of drug-likeness (QED) is 0.318. The van der Waals surface area contributed by atoms with Gasteiger partial charge in [0.05, 0.1) is 6.42 Å². The molecule has 0 fully saturated rings. The summed E-state index contributed by atoms with van der Waals surface area (Å²) in [6.45, 7) is 2.24. The molecule has 2 heteroatoms. The fourth-order valence-electron chi connectivity index (χ4n) is 2.10. The van der Waals surface area contributed by atoms with Crippen molar-refractivity contribution in [1.29, 1.82) is 0 Å². The second kappa shape index (κ2) is 16.0. The topological polar surface area (TPSA) is 37.3 Å². The first-order chi connectivity index (χ1) is 9.77. The largest absolute Gasteiger partial charge is 0.481 e. The van der Waals surface area contributed by atoms with Gasteiger partial charge in [-0.3, -0.25) is 4.79 Å². The number of rotatable bonds is 14. The van der Waals surface area contributed by atoms with Gasteiger partial charge in [-0.05, 0) is 38.5 Å². The van der Waals surface area contributed by atoms with E-state index in [4.69, 9.17) is 5.11 Å². The van der Waals surface area contributed by atoms with Crippen molar-refractivity contribution in [1.82, 2.24) is 0 Å². The Morgan fingerprint density at radius 2 is 1.20 bits per heavy atom. The van der Waals surface area contributed by atoms with Crippen molar-refractivity contribution in [2.24, 2.45) is 0 Å². The molecule has 0 bridgehead atoms. The number of carboxylic acid groups (broad SMARTS) is 1. The molecular formula is C18H32O2. The van der Waals surface area contributed by atoms with Gasteiger partial charge in [0.2, 0.25) is 0 Å². The van der Waals surface area contributed by atoms with Gasteiger partial charge in [0.1, 0.15) is 0 Å². The summed E-state index contributed by atoms with van der Waals surface area (Å²) in [7, 11) is 0. The highest BCUT2D eigenvalue weighted by Crippen LogP contribution is 2.08. The minimum atomic E-state index is -0.746. The highest BCUT2D eigenvalue weighted by atomic mass is 16.4. The summed E-state index contributed by atoms with van der Waals surface area (Å²) in [4.78, 5) is 10.3. The van der Waals surface area contributed by atoms with Crippen molar-refractivity contribution in [3.8, 4) is 0 Å². The molecule has 0 radical (unpaired) electrons. The second-order valence-electron chi connectivity index (χ2n) is 5.38. The molecule has 0 saturated carbocycles. The molecule has 0 spiro atoms. The van der Waals surface area contributed by atoms with Gasteiger partial charge >= 0.3 is 5.97 Å². The van der Waals surface area contributed by atoms with Crippen LogP contribution in [0.25, 0.3) is 0 Å². The summed E-state index contributed by atoms with van der Waals surface area (Å²) < 4.78 is 0. The minimum Gasteiger partial charge on any atom is -0.481 e. The molecule has 0 heterocycles. The molecule has 0 unspecified atom stereocenters. The minimum absolute atomic E-state index is 0.157. The highest BCUT2D eigenvalue weighted by molar-refractivity contribution is 5.68. The van der Waals surface area contributed by atoms with E-state index in [2.05, 4.69) is 19.1 Å². The molecule has 0 rings (SSSR count). The normalized spacial score (nSPS) is 11.7. The maximum absolute atomic E-state index is 10.3. The van der Waals surface area contributed by atoms with Crippen molar-refractivity contribution in [3.63, 3.8) is 0 Å². The molecule has 116 valence electrons. The Morgan fingerprint density at radius 3 is 1.70 bits per heavy atom. The summed E-state index contributed by atoms with van der Waals surface area (Å²) in [5.41, 5.74) is 0. The third-order valence-electron chi connectivity index (χ3n) is 3.34. The Morgan fingerprint density at radius 1 is 0.750 bits per heavy atom. The Bertz CT molecular complexity index is 267. The van der Waals surface area contributed by atoms with Crippen molar-refractivity contribution in [2.45, 2.75) is 84.0 Å². The van der Waals surface area contributed by atoms with Crippen molar-refractivity contribution in [2.75, 3.05) is 0 Å². The molecule has 2 nitrogen and oxygen atoms in total. The summed E-state index contributed by atoms with van der Waals surface area (Å²) >= 11 is 0. The van der Waals surface area contributed by atoms with Crippen LogP contribution in [0.3, 0.4) is 0 Å². The van der Waals surface area contributed by atoms with E-state index in [1.165, 1.54) is 64.2 Å². The lowest BCUT2D eigenvalue weighted by Gasteiger charge is -1.98. The number of hydrogen-bond acceptors (Lipinski definition) is 1. The lowest BCUT2D eigenvalue weighted by atomic mass is 10.1. The zero-order chi connectivity index (χ0) is 14.9. The van der Waals surface area contributed by atoms with E-state index in [-0.39, 0.29) is 6.42 Å². The van der Waals surface area contributed by atoms with E-state index >= 15 is 0 Å². The predicted octanol–water partition coefficient (Wildman–Crippen LogP) is 5.88. The van der Waals surface area contributed by atoms with Crippen LogP contribution < -0.4 is 0 Å². The molecule has 0 aromatic carbocycles. The van der Waals surface area contributed by atoms with Gasteiger partial charge in [-0.15, -0.1) is 0 Å².